The van der Waals surface area contributed by atoms with Crippen LogP contribution < -0.4 is 0 Å². The molecule has 0 unspecified atom stereocenters. The van der Waals surface area contributed by atoms with Crippen LogP contribution in [0.5, 0.6) is 0 Å². The maximum atomic E-state index is 10.9. The van der Waals surface area contributed by atoms with Crippen LogP contribution in [0.2, 0.25) is 0 Å². The molecular formula is C14H25N3O2S. The lowest BCUT2D eigenvalue weighted by atomic mass is 9.98. The van der Waals surface area contributed by atoms with Gasteiger partial charge >= 0.3 is 5.97 Å². The second-order valence-electron chi connectivity index (χ2n) is 6.30. The van der Waals surface area contributed by atoms with Crippen LogP contribution in [0.3, 0.4) is 0 Å². The fourth-order valence-corrected chi connectivity index (χ4v) is 2.60. The predicted octanol–water partition coefficient (Wildman–Crippen LogP) is 1.89. The number of carboxylic acids is 1. The number of carbonyl (C=O) groups is 1. The molecule has 1 N–H and O–H groups in total. The summed E-state index contributed by atoms with van der Waals surface area (Å²) in [5.41, 5.74) is 1.00. The fourth-order valence-electron chi connectivity index (χ4n) is 1.70. The van der Waals surface area contributed by atoms with Crippen LogP contribution in [0.25, 0.3) is 0 Å². The van der Waals surface area contributed by atoms with Crippen molar-refractivity contribution in [1.29, 1.82) is 0 Å². The number of rotatable bonds is 7. The Balaban J connectivity index is 2.68. The van der Waals surface area contributed by atoms with Crippen molar-refractivity contribution in [3.05, 3.63) is 16.1 Å². The standard InChI is InChI=1S/C14H25N3O2S/c1-14(2,3)13-15-11(10-20-13)8-17(9-12(18)19)7-6-16(4)5/h10H,6-9H2,1-5H3,(H,18,19). The molecule has 114 valence electrons. The third-order valence-corrected chi connectivity index (χ3v) is 4.12. The van der Waals surface area contributed by atoms with Crippen molar-refractivity contribution in [2.75, 3.05) is 33.7 Å². The largest absolute Gasteiger partial charge is 0.480 e. The monoisotopic (exact) mass is 299 g/mol. The predicted molar refractivity (Wildman–Crippen MR) is 82.3 cm³/mol. The van der Waals surface area contributed by atoms with Crippen LogP contribution in [0.1, 0.15) is 31.5 Å². The molecule has 0 saturated heterocycles. The van der Waals surface area contributed by atoms with E-state index in [-0.39, 0.29) is 12.0 Å². The third-order valence-electron chi connectivity index (χ3n) is 2.80. The van der Waals surface area contributed by atoms with E-state index in [4.69, 9.17) is 5.11 Å². The smallest absolute Gasteiger partial charge is 0.317 e. The molecule has 6 heteroatoms. The molecule has 0 aliphatic heterocycles. The minimum atomic E-state index is -0.796. The lowest BCUT2D eigenvalue weighted by Crippen LogP contribution is -2.35. The Morgan fingerprint density at radius 3 is 2.45 bits per heavy atom. The summed E-state index contributed by atoms with van der Waals surface area (Å²) in [5.74, 6) is -0.796. The third kappa shape index (κ3) is 5.98. The summed E-state index contributed by atoms with van der Waals surface area (Å²) < 4.78 is 0. The minimum absolute atomic E-state index is 0.0458. The molecule has 1 aromatic rings. The molecular weight excluding hydrogens is 274 g/mol. The number of thiazole rings is 1. The molecule has 1 heterocycles. The van der Waals surface area contributed by atoms with Gasteiger partial charge in [0.25, 0.3) is 0 Å². The highest BCUT2D eigenvalue weighted by Gasteiger charge is 2.19. The SMILES string of the molecule is CN(C)CCN(CC(=O)O)Cc1csc(C(C)(C)C)n1. The molecule has 0 saturated carbocycles. The molecule has 0 radical (unpaired) electrons. The highest BCUT2D eigenvalue weighted by Crippen LogP contribution is 2.25. The Bertz CT molecular complexity index is 438. The average Bonchev–Trinajstić information content (AvgIpc) is 2.73. The quantitative estimate of drug-likeness (QED) is 0.833. The summed E-state index contributed by atoms with van der Waals surface area (Å²) in [4.78, 5) is 19.5. The first-order valence-corrected chi connectivity index (χ1v) is 7.60. The molecule has 1 aromatic heterocycles. The second-order valence-corrected chi connectivity index (χ2v) is 7.16. The Morgan fingerprint density at radius 2 is 2.00 bits per heavy atom. The number of hydrogen-bond acceptors (Lipinski definition) is 5. The van der Waals surface area contributed by atoms with E-state index in [9.17, 15) is 4.79 Å². The summed E-state index contributed by atoms with van der Waals surface area (Å²) in [5, 5.41) is 12.1. The van der Waals surface area contributed by atoms with E-state index in [1.807, 2.05) is 24.4 Å². The number of hydrogen-bond donors (Lipinski definition) is 1. The highest BCUT2D eigenvalue weighted by molar-refractivity contribution is 7.09. The van der Waals surface area contributed by atoms with Gasteiger partial charge in [-0.25, -0.2) is 4.98 Å². The zero-order chi connectivity index (χ0) is 15.3. The van der Waals surface area contributed by atoms with Gasteiger partial charge in [-0.05, 0) is 14.1 Å². The van der Waals surface area contributed by atoms with Crippen LogP contribution in [0.4, 0.5) is 0 Å². The van der Waals surface area contributed by atoms with Gasteiger partial charge in [0, 0.05) is 30.4 Å². The molecule has 20 heavy (non-hydrogen) atoms. The number of carboxylic acid groups (broad SMARTS) is 1. The zero-order valence-corrected chi connectivity index (χ0v) is 13.8. The van der Waals surface area contributed by atoms with E-state index in [0.29, 0.717) is 6.54 Å². The molecule has 0 amide bonds. The van der Waals surface area contributed by atoms with Crippen LogP contribution in [0, 0.1) is 0 Å². The van der Waals surface area contributed by atoms with Crippen molar-refractivity contribution in [3.63, 3.8) is 0 Å². The molecule has 0 fully saturated rings. The van der Waals surface area contributed by atoms with Gasteiger partial charge in [-0.15, -0.1) is 11.3 Å². The minimum Gasteiger partial charge on any atom is -0.480 e. The van der Waals surface area contributed by atoms with Crippen molar-refractivity contribution in [2.24, 2.45) is 0 Å². The Kier molecular flexibility index (Phi) is 6.10. The zero-order valence-electron chi connectivity index (χ0n) is 13.0. The van der Waals surface area contributed by atoms with Gasteiger partial charge in [0.2, 0.25) is 0 Å². The lowest BCUT2D eigenvalue weighted by molar-refractivity contribution is -0.138. The summed E-state index contributed by atoms with van der Waals surface area (Å²) in [6.45, 7) is 8.61. The van der Waals surface area contributed by atoms with Crippen molar-refractivity contribution >= 4 is 17.3 Å². The molecule has 0 aliphatic rings. The van der Waals surface area contributed by atoms with E-state index < -0.39 is 5.97 Å². The summed E-state index contributed by atoms with van der Waals surface area (Å²) in [7, 11) is 3.97. The molecule has 0 bridgehead atoms. The molecule has 0 atom stereocenters. The first-order valence-electron chi connectivity index (χ1n) is 6.72. The van der Waals surface area contributed by atoms with Gasteiger partial charge in [-0.2, -0.15) is 0 Å². The average molecular weight is 299 g/mol. The lowest BCUT2D eigenvalue weighted by Gasteiger charge is -2.21. The highest BCUT2D eigenvalue weighted by atomic mass is 32.1. The molecule has 0 aliphatic carbocycles. The van der Waals surface area contributed by atoms with E-state index >= 15 is 0 Å². The number of aliphatic carboxylic acids is 1. The van der Waals surface area contributed by atoms with E-state index in [0.717, 1.165) is 23.8 Å². The van der Waals surface area contributed by atoms with Gasteiger partial charge in [0.1, 0.15) is 0 Å². The van der Waals surface area contributed by atoms with Crippen LogP contribution in [-0.2, 0) is 16.8 Å². The van der Waals surface area contributed by atoms with Crippen molar-refractivity contribution < 1.29 is 9.90 Å². The van der Waals surface area contributed by atoms with Gasteiger partial charge in [-0.3, -0.25) is 9.69 Å². The van der Waals surface area contributed by atoms with Crippen molar-refractivity contribution in [3.8, 4) is 0 Å². The van der Waals surface area contributed by atoms with Crippen molar-refractivity contribution in [1.82, 2.24) is 14.8 Å². The normalized spacial score (nSPS) is 12.3. The first kappa shape index (κ1) is 17.1. The number of nitrogens with zero attached hydrogens (tertiary/aromatic N) is 3. The molecule has 1 rings (SSSR count). The summed E-state index contributed by atoms with van der Waals surface area (Å²) >= 11 is 1.65. The molecule has 0 spiro atoms. The van der Waals surface area contributed by atoms with Crippen LogP contribution >= 0.6 is 11.3 Å². The van der Waals surface area contributed by atoms with E-state index in [1.54, 1.807) is 11.3 Å². The maximum Gasteiger partial charge on any atom is 0.317 e. The van der Waals surface area contributed by atoms with Gasteiger partial charge in [-0.1, -0.05) is 20.8 Å². The maximum absolute atomic E-state index is 10.9. The number of aromatic nitrogens is 1. The Morgan fingerprint density at radius 1 is 1.35 bits per heavy atom. The molecule has 0 aromatic carbocycles. The Hall–Kier alpha value is -0.980. The fraction of sp³-hybridized carbons (Fsp3) is 0.714. The second kappa shape index (κ2) is 7.15. The first-order chi connectivity index (χ1) is 9.18. The van der Waals surface area contributed by atoms with Crippen molar-refractivity contribution in [2.45, 2.75) is 32.7 Å². The summed E-state index contributed by atoms with van der Waals surface area (Å²) in [6.07, 6.45) is 0. The van der Waals surface area contributed by atoms with E-state index in [1.165, 1.54) is 0 Å². The van der Waals surface area contributed by atoms with E-state index in [2.05, 4.69) is 30.7 Å². The topological polar surface area (TPSA) is 56.7 Å². The molecule has 5 nitrogen and oxygen atoms in total. The van der Waals surface area contributed by atoms with Gasteiger partial charge in [0.15, 0.2) is 0 Å². The van der Waals surface area contributed by atoms with Gasteiger partial charge in [0.05, 0.1) is 17.2 Å². The van der Waals surface area contributed by atoms with Crippen LogP contribution in [-0.4, -0.2) is 59.6 Å². The van der Waals surface area contributed by atoms with Gasteiger partial charge < -0.3 is 10.0 Å². The Labute approximate surface area is 125 Å². The summed E-state index contributed by atoms with van der Waals surface area (Å²) in [6, 6.07) is 0. The van der Waals surface area contributed by atoms with Crippen LogP contribution in [0.15, 0.2) is 5.38 Å². The number of likely N-dealkylation sites (N-methyl/N-ethyl adjacent to an activating group) is 1.